The monoisotopic (exact) mass is 237 g/mol. The van der Waals surface area contributed by atoms with Gasteiger partial charge in [0.1, 0.15) is 18.2 Å². The number of nitrogens with zero attached hydrogens (tertiary/aromatic N) is 3. The van der Waals surface area contributed by atoms with E-state index in [4.69, 9.17) is 16.2 Å². The van der Waals surface area contributed by atoms with E-state index in [0.717, 1.165) is 5.56 Å². The van der Waals surface area contributed by atoms with E-state index in [1.165, 1.54) is 6.33 Å². The molecule has 1 amide bonds. The molecule has 17 heavy (non-hydrogen) atoms. The molecular formula is C10H15N5O2. The van der Waals surface area contributed by atoms with E-state index in [1.807, 2.05) is 4.90 Å². The number of carbonyl (C=O) groups is 1. The smallest absolute Gasteiger partial charge is 0.242 e. The van der Waals surface area contributed by atoms with Crippen LogP contribution in [0.2, 0.25) is 0 Å². The van der Waals surface area contributed by atoms with Gasteiger partial charge in [-0.3, -0.25) is 4.79 Å². The van der Waals surface area contributed by atoms with Crippen LogP contribution in [0.25, 0.3) is 0 Å². The van der Waals surface area contributed by atoms with Crippen LogP contribution in [0.3, 0.4) is 0 Å². The van der Waals surface area contributed by atoms with Crippen LogP contribution in [0.4, 0.5) is 5.82 Å². The minimum absolute atomic E-state index is 0.281. The molecule has 1 fully saturated rings. The van der Waals surface area contributed by atoms with Crippen LogP contribution < -0.4 is 16.4 Å². The van der Waals surface area contributed by atoms with E-state index in [0.29, 0.717) is 25.5 Å². The number of carbonyl (C=O) groups excluding carboxylic acids is 1. The largest absolute Gasteiger partial charge is 0.377 e. The van der Waals surface area contributed by atoms with Crippen LogP contribution in [-0.4, -0.2) is 41.7 Å². The number of nitrogens with two attached hydrogens (primary N) is 2. The predicted octanol–water partition coefficient (Wildman–Crippen LogP) is -1.37. The summed E-state index contributed by atoms with van der Waals surface area (Å²) in [6, 6.07) is -0.496. The van der Waals surface area contributed by atoms with Crippen LogP contribution in [-0.2, 0) is 16.1 Å². The van der Waals surface area contributed by atoms with Gasteiger partial charge in [0.05, 0.1) is 13.2 Å². The van der Waals surface area contributed by atoms with Gasteiger partial charge in [-0.05, 0) is 0 Å². The van der Waals surface area contributed by atoms with E-state index in [1.54, 1.807) is 6.20 Å². The van der Waals surface area contributed by atoms with Gasteiger partial charge >= 0.3 is 0 Å². The van der Waals surface area contributed by atoms with Crippen molar-refractivity contribution < 1.29 is 9.53 Å². The summed E-state index contributed by atoms with van der Waals surface area (Å²) in [4.78, 5) is 21.3. The molecule has 0 bridgehead atoms. The fourth-order valence-electron chi connectivity index (χ4n) is 1.85. The van der Waals surface area contributed by atoms with Gasteiger partial charge in [0.2, 0.25) is 5.91 Å². The highest BCUT2D eigenvalue weighted by Gasteiger charge is 2.29. The van der Waals surface area contributed by atoms with Crippen LogP contribution >= 0.6 is 0 Å². The maximum Gasteiger partial charge on any atom is 0.242 e. The second-order valence-corrected chi connectivity index (χ2v) is 3.76. The van der Waals surface area contributed by atoms with Crippen LogP contribution in [0.1, 0.15) is 5.56 Å². The SMILES string of the molecule is NCc1cncnc1N1CCOCC1C(N)=O. The van der Waals surface area contributed by atoms with Crippen LogP contribution in [0, 0.1) is 0 Å². The number of ether oxygens (including phenoxy) is 1. The Bertz CT molecular complexity index is 411. The summed E-state index contributed by atoms with van der Waals surface area (Å²) in [5.41, 5.74) is 11.8. The quantitative estimate of drug-likeness (QED) is 0.671. The zero-order valence-electron chi connectivity index (χ0n) is 9.37. The van der Waals surface area contributed by atoms with Crippen molar-refractivity contribution in [2.75, 3.05) is 24.7 Å². The van der Waals surface area contributed by atoms with E-state index >= 15 is 0 Å². The molecule has 7 heteroatoms. The molecule has 7 nitrogen and oxygen atoms in total. The van der Waals surface area contributed by atoms with Crippen molar-refractivity contribution in [3.63, 3.8) is 0 Å². The van der Waals surface area contributed by atoms with Crippen molar-refractivity contribution in [3.05, 3.63) is 18.1 Å². The number of morpholine rings is 1. The highest BCUT2D eigenvalue weighted by Crippen LogP contribution is 2.20. The second kappa shape index (κ2) is 5.07. The van der Waals surface area contributed by atoms with Gasteiger partial charge in [-0.2, -0.15) is 0 Å². The van der Waals surface area contributed by atoms with Gasteiger partial charge in [0.15, 0.2) is 0 Å². The fourth-order valence-corrected chi connectivity index (χ4v) is 1.85. The van der Waals surface area contributed by atoms with Crippen molar-refractivity contribution in [1.29, 1.82) is 0 Å². The lowest BCUT2D eigenvalue weighted by Gasteiger charge is -2.35. The molecule has 1 atom stereocenters. The van der Waals surface area contributed by atoms with Crippen LogP contribution in [0.5, 0.6) is 0 Å². The van der Waals surface area contributed by atoms with Gasteiger partial charge in [0, 0.05) is 24.8 Å². The number of primary amides is 1. The first-order valence-electron chi connectivity index (χ1n) is 5.36. The van der Waals surface area contributed by atoms with E-state index in [2.05, 4.69) is 9.97 Å². The lowest BCUT2D eigenvalue weighted by Crippen LogP contribution is -2.53. The number of amides is 1. The minimum atomic E-state index is -0.496. The molecule has 2 heterocycles. The molecule has 0 radical (unpaired) electrons. The van der Waals surface area contributed by atoms with Crippen molar-refractivity contribution in [2.45, 2.75) is 12.6 Å². The third-order valence-electron chi connectivity index (χ3n) is 2.71. The normalized spacial score (nSPS) is 20.3. The number of hydrogen-bond donors (Lipinski definition) is 2. The molecule has 1 aliphatic rings. The Labute approximate surface area is 98.8 Å². The third-order valence-corrected chi connectivity index (χ3v) is 2.71. The molecule has 1 aliphatic heterocycles. The number of rotatable bonds is 3. The minimum Gasteiger partial charge on any atom is -0.377 e. The summed E-state index contributed by atoms with van der Waals surface area (Å²) in [7, 11) is 0. The molecule has 1 aromatic rings. The van der Waals surface area contributed by atoms with Crippen molar-refractivity contribution in [2.24, 2.45) is 11.5 Å². The summed E-state index contributed by atoms with van der Waals surface area (Å²) < 4.78 is 5.25. The van der Waals surface area contributed by atoms with Crippen LogP contribution in [0.15, 0.2) is 12.5 Å². The molecular weight excluding hydrogens is 222 g/mol. The summed E-state index contributed by atoms with van der Waals surface area (Å²) >= 11 is 0. The lowest BCUT2D eigenvalue weighted by atomic mass is 10.2. The predicted molar refractivity (Wildman–Crippen MR) is 61.1 cm³/mol. The highest BCUT2D eigenvalue weighted by atomic mass is 16.5. The summed E-state index contributed by atoms with van der Waals surface area (Å²) in [6.45, 7) is 1.71. The first-order valence-corrected chi connectivity index (χ1v) is 5.36. The second-order valence-electron chi connectivity index (χ2n) is 3.76. The van der Waals surface area contributed by atoms with Crippen molar-refractivity contribution in [3.8, 4) is 0 Å². The number of aromatic nitrogens is 2. The Balaban J connectivity index is 2.32. The molecule has 0 saturated carbocycles. The molecule has 0 aliphatic carbocycles. The standard InChI is InChI=1S/C10H15N5O2/c11-3-7-4-13-6-14-10(7)15-1-2-17-5-8(15)9(12)16/h4,6,8H,1-3,5,11H2,(H2,12,16). The molecule has 1 unspecified atom stereocenters. The van der Waals surface area contributed by atoms with Gasteiger partial charge in [-0.25, -0.2) is 9.97 Å². The van der Waals surface area contributed by atoms with Crippen molar-refractivity contribution >= 4 is 11.7 Å². The molecule has 1 aromatic heterocycles. The Kier molecular flexibility index (Phi) is 3.50. The van der Waals surface area contributed by atoms with E-state index in [-0.39, 0.29) is 6.61 Å². The number of anilines is 1. The Hall–Kier alpha value is -1.73. The summed E-state index contributed by atoms with van der Waals surface area (Å²) in [5, 5.41) is 0. The molecule has 1 saturated heterocycles. The topological polar surface area (TPSA) is 107 Å². The molecule has 4 N–H and O–H groups in total. The zero-order chi connectivity index (χ0) is 12.3. The molecule has 2 rings (SSSR count). The molecule has 0 spiro atoms. The van der Waals surface area contributed by atoms with Gasteiger partial charge in [-0.15, -0.1) is 0 Å². The van der Waals surface area contributed by atoms with E-state index < -0.39 is 11.9 Å². The lowest BCUT2D eigenvalue weighted by molar-refractivity contribution is -0.121. The fraction of sp³-hybridized carbons (Fsp3) is 0.500. The zero-order valence-corrected chi connectivity index (χ0v) is 9.37. The Morgan fingerprint density at radius 3 is 3.18 bits per heavy atom. The Morgan fingerprint density at radius 1 is 1.65 bits per heavy atom. The Morgan fingerprint density at radius 2 is 2.47 bits per heavy atom. The first kappa shape index (κ1) is 11.7. The summed E-state index contributed by atoms with van der Waals surface area (Å²) in [5.74, 6) is 0.237. The average molecular weight is 237 g/mol. The molecule has 0 aromatic carbocycles. The third kappa shape index (κ3) is 2.34. The maximum absolute atomic E-state index is 11.4. The van der Waals surface area contributed by atoms with Gasteiger partial charge in [0.25, 0.3) is 0 Å². The van der Waals surface area contributed by atoms with Gasteiger partial charge < -0.3 is 21.1 Å². The highest BCUT2D eigenvalue weighted by molar-refractivity contribution is 5.83. The average Bonchev–Trinajstić information content (AvgIpc) is 2.38. The first-order chi connectivity index (χ1) is 8.24. The number of hydrogen-bond acceptors (Lipinski definition) is 6. The summed E-state index contributed by atoms with van der Waals surface area (Å²) in [6.07, 6.45) is 3.08. The maximum atomic E-state index is 11.4. The molecule has 92 valence electrons. The van der Waals surface area contributed by atoms with Gasteiger partial charge in [-0.1, -0.05) is 0 Å². The van der Waals surface area contributed by atoms with Crippen molar-refractivity contribution in [1.82, 2.24) is 9.97 Å². The van der Waals surface area contributed by atoms with E-state index in [9.17, 15) is 4.79 Å².